The number of carbonyl (C=O) groups is 2. The van der Waals surface area contributed by atoms with Crippen LogP contribution in [0.25, 0.3) is 0 Å². The number of halogens is 3. The Morgan fingerprint density at radius 3 is 1.71 bits per heavy atom. The zero-order valence-electron chi connectivity index (χ0n) is 33.3. The third-order valence-corrected chi connectivity index (χ3v) is 12.5. The van der Waals surface area contributed by atoms with Gasteiger partial charge in [-0.3, -0.25) is 9.59 Å². The van der Waals surface area contributed by atoms with Gasteiger partial charge in [0.25, 0.3) is 0 Å². The van der Waals surface area contributed by atoms with Crippen molar-refractivity contribution in [2.75, 3.05) is 82.2 Å². The predicted octanol–water partition coefficient (Wildman–Crippen LogP) is 10.0. The number of nitrogens with zero attached hydrogens (tertiary/aromatic N) is 3. The average molecular weight is 866 g/mol. The van der Waals surface area contributed by atoms with Crippen LogP contribution in [0.4, 0.5) is 5.82 Å². The summed E-state index contributed by atoms with van der Waals surface area (Å²) in [5.74, 6) is 2.74. The number of esters is 2. The maximum Gasteiger partial charge on any atom is 0.306 e. The summed E-state index contributed by atoms with van der Waals surface area (Å²) in [5.41, 5.74) is 0. The SMILES string of the molecule is C1COCCN1.CCCCC(CC)COC(=O)CCSc1ccnc(Cl)c1Cl.CCCCC(CC)COC(=O)CCSc1ccnc(N2CCOCC2)c1Cl. The molecule has 2 atom stereocenters. The molecule has 2 saturated heterocycles. The lowest BCUT2D eigenvalue weighted by atomic mass is 10.0. The van der Waals surface area contributed by atoms with Crippen molar-refractivity contribution in [2.24, 2.45) is 11.8 Å². The molecule has 15 heteroatoms. The lowest BCUT2D eigenvalue weighted by Crippen LogP contribution is -2.37. The van der Waals surface area contributed by atoms with E-state index in [0.29, 0.717) is 72.7 Å². The Kier molecular flexibility index (Phi) is 28.4. The first-order valence-corrected chi connectivity index (χ1v) is 23.0. The van der Waals surface area contributed by atoms with E-state index < -0.39 is 0 Å². The largest absolute Gasteiger partial charge is 0.465 e. The van der Waals surface area contributed by atoms with Crippen LogP contribution in [-0.2, 0) is 28.5 Å². The molecule has 0 amide bonds. The third-order valence-electron chi connectivity index (χ3n) is 8.98. The van der Waals surface area contributed by atoms with Crippen LogP contribution in [0, 0.1) is 11.8 Å². The van der Waals surface area contributed by atoms with Gasteiger partial charge >= 0.3 is 11.9 Å². The highest BCUT2D eigenvalue weighted by Gasteiger charge is 2.18. The van der Waals surface area contributed by atoms with E-state index in [9.17, 15) is 9.59 Å². The number of anilines is 1. The molecule has 4 heterocycles. The van der Waals surface area contributed by atoms with Gasteiger partial charge in [0.2, 0.25) is 0 Å². The van der Waals surface area contributed by atoms with Gasteiger partial charge in [-0.05, 0) is 36.8 Å². The molecule has 1 N–H and O–H groups in total. The van der Waals surface area contributed by atoms with E-state index in [1.54, 1.807) is 30.2 Å². The highest BCUT2D eigenvalue weighted by molar-refractivity contribution is 7.99. The minimum atomic E-state index is -0.154. The number of pyridine rings is 2. The standard InChI is InChI=1S/C20H31ClN2O3S.C16H23Cl2NO2S.C4H9NO/c1-3-5-6-16(4-2)15-26-18(24)8-14-27-17-7-9-22-20(19(17)21)23-10-12-25-13-11-23;1-3-5-6-12(4-2)11-21-14(20)8-10-22-13-7-9-19-16(18)15(13)17;1-3-6-4-2-5-1/h7,9,16H,3-6,8,10-15H2,1-2H3;7,9,12H,3-6,8,10-11H2,1-2H3;5H,1-4H2. The number of hydrogen-bond acceptors (Lipinski definition) is 12. The molecule has 0 aliphatic carbocycles. The number of ether oxygens (including phenoxy) is 4. The van der Waals surface area contributed by atoms with Gasteiger partial charge in [0.05, 0.1) is 62.5 Å². The van der Waals surface area contributed by atoms with Gasteiger partial charge in [0.1, 0.15) is 11.0 Å². The van der Waals surface area contributed by atoms with Crippen LogP contribution in [0.15, 0.2) is 34.3 Å². The number of carbonyl (C=O) groups excluding carboxylic acids is 2. The number of aromatic nitrogens is 2. The van der Waals surface area contributed by atoms with E-state index in [2.05, 4.69) is 47.9 Å². The Labute approximate surface area is 353 Å². The summed E-state index contributed by atoms with van der Waals surface area (Å²) in [4.78, 5) is 36.0. The monoisotopic (exact) mass is 864 g/mol. The van der Waals surface area contributed by atoms with Crippen molar-refractivity contribution >= 4 is 76.1 Å². The van der Waals surface area contributed by atoms with E-state index in [1.165, 1.54) is 37.4 Å². The highest BCUT2D eigenvalue weighted by atomic mass is 35.5. The van der Waals surface area contributed by atoms with Gasteiger partial charge < -0.3 is 29.2 Å². The van der Waals surface area contributed by atoms with Crippen molar-refractivity contribution < 1.29 is 28.5 Å². The van der Waals surface area contributed by atoms with Gasteiger partial charge in [0.15, 0.2) is 0 Å². The van der Waals surface area contributed by atoms with Crippen LogP contribution in [-0.4, -0.2) is 99.2 Å². The zero-order chi connectivity index (χ0) is 40.1. The second-order valence-electron chi connectivity index (χ2n) is 13.2. The molecule has 2 aliphatic rings. The van der Waals surface area contributed by atoms with E-state index in [4.69, 9.17) is 53.8 Å². The summed E-state index contributed by atoms with van der Waals surface area (Å²) in [5, 5.41) is 4.54. The number of morpholine rings is 2. The van der Waals surface area contributed by atoms with Gasteiger partial charge in [-0.2, -0.15) is 0 Å². The first kappa shape index (κ1) is 49.6. The molecule has 0 aromatic carbocycles. The third kappa shape index (κ3) is 21.7. The van der Waals surface area contributed by atoms with Crippen LogP contribution in [0.2, 0.25) is 15.2 Å². The fraction of sp³-hybridized carbons (Fsp3) is 0.700. The highest BCUT2D eigenvalue weighted by Crippen LogP contribution is 2.34. The Morgan fingerprint density at radius 1 is 0.764 bits per heavy atom. The number of nitrogens with one attached hydrogen (secondary N) is 1. The zero-order valence-corrected chi connectivity index (χ0v) is 37.2. The summed E-state index contributed by atoms with van der Waals surface area (Å²) in [6.45, 7) is 16.5. The Hall–Kier alpha value is -1.51. The predicted molar refractivity (Wildman–Crippen MR) is 229 cm³/mol. The van der Waals surface area contributed by atoms with Crippen LogP contribution in [0.1, 0.15) is 91.9 Å². The fourth-order valence-electron chi connectivity index (χ4n) is 5.40. The molecule has 2 aromatic rings. The van der Waals surface area contributed by atoms with E-state index in [1.807, 2.05) is 6.07 Å². The Morgan fingerprint density at radius 2 is 1.25 bits per heavy atom. The van der Waals surface area contributed by atoms with Gasteiger partial charge in [-0.15, -0.1) is 23.5 Å². The molecule has 0 spiro atoms. The summed E-state index contributed by atoms with van der Waals surface area (Å²) in [6.07, 6.45) is 13.2. The molecule has 10 nitrogen and oxygen atoms in total. The average Bonchev–Trinajstić information content (AvgIpc) is 3.21. The maximum absolute atomic E-state index is 12.0. The molecule has 312 valence electrons. The molecule has 2 aliphatic heterocycles. The maximum atomic E-state index is 12.0. The summed E-state index contributed by atoms with van der Waals surface area (Å²) >= 11 is 21.5. The van der Waals surface area contributed by atoms with E-state index in [-0.39, 0.29) is 17.1 Å². The summed E-state index contributed by atoms with van der Waals surface area (Å²) < 4.78 is 21.2. The number of rotatable bonds is 21. The molecule has 0 saturated carbocycles. The van der Waals surface area contributed by atoms with Crippen LogP contribution >= 0.6 is 58.3 Å². The smallest absolute Gasteiger partial charge is 0.306 e. The number of thioether (sulfide) groups is 2. The van der Waals surface area contributed by atoms with Crippen molar-refractivity contribution in [3.05, 3.63) is 39.7 Å². The van der Waals surface area contributed by atoms with Crippen molar-refractivity contribution in [1.82, 2.24) is 15.3 Å². The van der Waals surface area contributed by atoms with Gasteiger partial charge in [-0.1, -0.05) is 101 Å². The molecule has 0 radical (unpaired) electrons. The van der Waals surface area contributed by atoms with Crippen LogP contribution < -0.4 is 10.2 Å². The summed E-state index contributed by atoms with van der Waals surface area (Å²) in [7, 11) is 0. The van der Waals surface area contributed by atoms with Gasteiger partial charge in [-0.25, -0.2) is 9.97 Å². The second kappa shape index (κ2) is 31.5. The van der Waals surface area contributed by atoms with Gasteiger partial charge in [0, 0.05) is 59.9 Å². The minimum Gasteiger partial charge on any atom is -0.465 e. The molecule has 4 rings (SSSR count). The van der Waals surface area contributed by atoms with Crippen molar-refractivity contribution in [3.63, 3.8) is 0 Å². The molecular formula is C40H63Cl3N4O6S2. The van der Waals surface area contributed by atoms with E-state index in [0.717, 1.165) is 80.7 Å². The molecule has 55 heavy (non-hydrogen) atoms. The molecule has 2 aromatic heterocycles. The van der Waals surface area contributed by atoms with Crippen molar-refractivity contribution in [2.45, 2.75) is 102 Å². The van der Waals surface area contributed by atoms with Crippen molar-refractivity contribution in [1.29, 1.82) is 0 Å². The van der Waals surface area contributed by atoms with Crippen LogP contribution in [0.3, 0.4) is 0 Å². The minimum absolute atomic E-state index is 0.129. The number of hydrogen-bond donors (Lipinski definition) is 1. The van der Waals surface area contributed by atoms with E-state index >= 15 is 0 Å². The molecule has 2 unspecified atom stereocenters. The Balaban J connectivity index is 0.000000334. The first-order valence-electron chi connectivity index (χ1n) is 19.9. The lowest BCUT2D eigenvalue weighted by molar-refractivity contribution is -0.145. The fourth-order valence-corrected chi connectivity index (χ4v) is 8.02. The topological polar surface area (TPSA) is 112 Å². The normalized spacial score (nSPS) is 15.1. The second-order valence-corrected chi connectivity index (χ2v) is 16.6. The van der Waals surface area contributed by atoms with Crippen LogP contribution in [0.5, 0.6) is 0 Å². The summed E-state index contributed by atoms with van der Waals surface area (Å²) in [6, 6.07) is 3.70. The Bertz CT molecular complexity index is 1330. The quantitative estimate of drug-likeness (QED) is 0.0733. The lowest BCUT2D eigenvalue weighted by Gasteiger charge is -2.28. The van der Waals surface area contributed by atoms with Crippen molar-refractivity contribution in [3.8, 4) is 0 Å². The first-order chi connectivity index (χ1) is 26.7. The molecule has 0 bridgehead atoms. The number of unbranched alkanes of at least 4 members (excludes halogenated alkanes) is 2. The molecule has 2 fully saturated rings. The molecular weight excluding hydrogens is 803 g/mol.